The maximum Gasteiger partial charge on any atom is 0.337 e. The van der Waals surface area contributed by atoms with E-state index in [1.807, 2.05) is 0 Å². The third-order valence-corrected chi connectivity index (χ3v) is 6.92. The number of aromatic nitrogens is 4. The van der Waals surface area contributed by atoms with Crippen molar-refractivity contribution in [2.24, 2.45) is 0 Å². The van der Waals surface area contributed by atoms with Crippen LogP contribution < -0.4 is 11.3 Å². The van der Waals surface area contributed by atoms with Gasteiger partial charge in [0.15, 0.2) is 22.5 Å². The molecule has 2 fully saturated rings. The highest BCUT2D eigenvalue weighted by molar-refractivity contribution is 7.99. The zero-order valence-electron chi connectivity index (χ0n) is 16.9. The predicted octanol–water partition coefficient (Wildman–Crippen LogP) is 0.532. The van der Waals surface area contributed by atoms with Gasteiger partial charge in [0.1, 0.15) is 18.3 Å². The fourth-order valence-electron chi connectivity index (χ4n) is 3.63. The van der Waals surface area contributed by atoms with Gasteiger partial charge in [-0.1, -0.05) is 11.8 Å². The molecule has 0 spiro atoms. The lowest BCUT2D eigenvalue weighted by Crippen LogP contribution is -2.38. The molecule has 174 valence electrons. The number of fused-ring (bicyclic) bond motifs is 2. The fraction of sp³-hybridized carbons (Fsp3) is 0.333. The minimum absolute atomic E-state index is 0.00475. The number of anilines is 1. The molecule has 2 aromatic heterocycles. The van der Waals surface area contributed by atoms with Crippen LogP contribution in [0.4, 0.5) is 5.95 Å². The van der Waals surface area contributed by atoms with E-state index in [0.29, 0.717) is 10.5 Å². The number of H-pyrrole nitrogens is 1. The Morgan fingerprint density at radius 3 is 2.85 bits per heavy atom. The number of aromatic amines is 1. The summed E-state index contributed by atoms with van der Waals surface area (Å²) in [6, 6.07) is 6.56. The summed E-state index contributed by atoms with van der Waals surface area (Å²) in [7, 11) is -0.833. The minimum atomic E-state index is -2.13. The molecule has 3 aromatic rings. The Kier molecular flexibility index (Phi) is 5.82. The normalized spacial score (nSPS) is 26.9. The molecule has 2 saturated heterocycles. The van der Waals surface area contributed by atoms with Gasteiger partial charge in [-0.05, 0) is 24.3 Å². The number of nitrogens with two attached hydrogens (primary N) is 1. The van der Waals surface area contributed by atoms with Crippen molar-refractivity contribution in [2.45, 2.75) is 34.6 Å². The first-order valence-electron chi connectivity index (χ1n) is 9.62. The van der Waals surface area contributed by atoms with Crippen LogP contribution in [0.25, 0.3) is 11.2 Å². The van der Waals surface area contributed by atoms with Crippen molar-refractivity contribution in [3.05, 3.63) is 40.2 Å². The number of aliphatic hydroxyl groups is 1. The van der Waals surface area contributed by atoms with Gasteiger partial charge in [-0.3, -0.25) is 14.3 Å². The van der Waals surface area contributed by atoms with Crippen LogP contribution in [0.3, 0.4) is 0 Å². The van der Waals surface area contributed by atoms with E-state index in [1.165, 1.54) is 11.7 Å². The molecule has 2 aliphatic heterocycles. The van der Waals surface area contributed by atoms with Crippen LogP contribution in [-0.4, -0.2) is 67.5 Å². The van der Waals surface area contributed by atoms with E-state index in [2.05, 4.69) is 15.0 Å². The number of rotatable bonds is 4. The predicted molar refractivity (Wildman–Crippen MR) is 114 cm³/mol. The zero-order valence-corrected chi connectivity index (χ0v) is 18.7. The molecule has 4 heterocycles. The summed E-state index contributed by atoms with van der Waals surface area (Å²) in [6.07, 6.45) is -3.74. The minimum Gasteiger partial charge on any atom is -0.465 e. The van der Waals surface area contributed by atoms with Gasteiger partial charge in [-0.25, -0.2) is 9.78 Å². The van der Waals surface area contributed by atoms with E-state index in [-0.39, 0.29) is 28.9 Å². The molecule has 0 bridgehead atoms. The maximum atomic E-state index is 12.5. The quantitative estimate of drug-likeness (QED) is 0.291. The molecule has 2 aliphatic rings. The Balaban J connectivity index is 1.56. The Morgan fingerprint density at radius 1 is 1.36 bits per heavy atom. The number of nitrogens with zero attached hydrogens (tertiary/aromatic N) is 3. The molecular weight excluding hydrogens is 477 g/mol. The second kappa shape index (κ2) is 8.65. The average molecular weight is 495 g/mol. The highest BCUT2D eigenvalue weighted by Gasteiger charge is 2.50. The molecule has 5 rings (SSSR count). The van der Waals surface area contributed by atoms with E-state index in [4.69, 9.17) is 24.3 Å². The number of imidazole rings is 1. The molecule has 5 atom stereocenters. The molecule has 0 radical (unpaired) electrons. The lowest BCUT2D eigenvalue weighted by Gasteiger charge is -2.27. The van der Waals surface area contributed by atoms with Crippen molar-refractivity contribution in [2.75, 3.05) is 19.5 Å². The first-order valence-corrected chi connectivity index (χ1v) is 11.6. The Bertz CT molecular complexity index is 1270. The number of nitrogen functional groups attached to an aromatic ring is 1. The standard InChI is InChI=1S/C18H18N5O8PS/c1-28-16(26)7-2-4-8(5-3-7)33-18-20-10-13(21-17(19)22-14(10)25)23(18)15-11(24)12-9(30-15)6-29-32(27)31-12/h2-5,9,11-12,15,24,27H,6H2,1H3,(H3,19,21,22,25)/t9?,11?,12-,15-,32?/m1/s1. The van der Waals surface area contributed by atoms with Crippen molar-refractivity contribution < 1.29 is 33.3 Å². The largest absolute Gasteiger partial charge is 0.465 e. The van der Waals surface area contributed by atoms with Crippen molar-refractivity contribution >= 4 is 43.4 Å². The van der Waals surface area contributed by atoms with Crippen LogP contribution in [0.1, 0.15) is 16.6 Å². The van der Waals surface area contributed by atoms with E-state index in [9.17, 15) is 19.6 Å². The molecule has 1 aromatic carbocycles. The molecule has 3 unspecified atom stereocenters. The number of nitrogens with one attached hydrogen (secondary N) is 1. The molecule has 5 N–H and O–H groups in total. The zero-order chi connectivity index (χ0) is 23.3. The molecule has 0 amide bonds. The summed E-state index contributed by atoms with van der Waals surface area (Å²) in [5.41, 5.74) is 5.68. The van der Waals surface area contributed by atoms with E-state index < -0.39 is 44.7 Å². The van der Waals surface area contributed by atoms with Gasteiger partial charge in [0.25, 0.3) is 5.56 Å². The van der Waals surface area contributed by atoms with Crippen molar-refractivity contribution in [1.29, 1.82) is 0 Å². The van der Waals surface area contributed by atoms with Gasteiger partial charge >= 0.3 is 14.6 Å². The smallest absolute Gasteiger partial charge is 0.337 e. The third kappa shape index (κ3) is 3.99. The Hall–Kier alpha value is -2.58. The molecule has 33 heavy (non-hydrogen) atoms. The van der Waals surface area contributed by atoms with Crippen molar-refractivity contribution in [3.8, 4) is 0 Å². The number of aliphatic hydroxyl groups excluding tert-OH is 1. The summed E-state index contributed by atoms with van der Waals surface area (Å²) >= 11 is 1.16. The highest BCUT2D eigenvalue weighted by Crippen LogP contribution is 2.47. The summed E-state index contributed by atoms with van der Waals surface area (Å²) in [4.78, 5) is 45.5. The molecule has 0 aliphatic carbocycles. The van der Waals surface area contributed by atoms with Gasteiger partial charge in [0.05, 0.1) is 19.3 Å². The fourth-order valence-corrected chi connectivity index (χ4v) is 5.35. The number of methoxy groups -OCH3 is 1. The van der Waals surface area contributed by atoms with Crippen molar-refractivity contribution in [1.82, 2.24) is 19.5 Å². The SMILES string of the molecule is COC(=O)c1ccc(Sc2nc3c(=O)[nH]c(N)nc3n2[C@@H]2OC3COP(O)O[C@H]3C2O)cc1. The van der Waals surface area contributed by atoms with Gasteiger partial charge in [-0.2, -0.15) is 4.98 Å². The van der Waals surface area contributed by atoms with Crippen molar-refractivity contribution in [3.63, 3.8) is 0 Å². The number of hydrogen-bond donors (Lipinski definition) is 4. The third-order valence-electron chi connectivity index (χ3n) is 5.15. The lowest BCUT2D eigenvalue weighted by atomic mass is 10.1. The Morgan fingerprint density at radius 2 is 2.12 bits per heavy atom. The second-order valence-corrected chi connectivity index (χ2v) is 9.15. The van der Waals surface area contributed by atoms with Gasteiger partial charge in [0, 0.05) is 4.90 Å². The number of carbonyl (C=O) groups excluding carboxylic acids is 1. The van der Waals surface area contributed by atoms with Crippen LogP contribution in [0.2, 0.25) is 0 Å². The first-order chi connectivity index (χ1) is 15.9. The van der Waals surface area contributed by atoms with Crippen LogP contribution >= 0.6 is 20.4 Å². The highest BCUT2D eigenvalue weighted by atomic mass is 32.2. The maximum absolute atomic E-state index is 12.5. The number of esters is 1. The second-order valence-electron chi connectivity index (χ2n) is 7.17. The molecule has 13 nitrogen and oxygen atoms in total. The van der Waals surface area contributed by atoms with Crippen LogP contribution in [0.5, 0.6) is 0 Å². The van der Waals surface area contributed by atoms with E-state index >= 15 is 0 Å². The molecule has 15 heteroatoms. The van der Waals surface area contributed by atoms with Gasteiger partial charge < -0.3 is 34.3 Å². The number of carbonyl (C=O) groups is 1. The summed E-state index contributed by atoms with van der Waals surface area (Å²) in [5, 5.41) is 11.2. The topological polar surface area (TPSA) is 184 Å². The van der Waals surface area contributed by atoms with Crippen LogP contribution in [0, 0.1) is 0 Å². The molecule has 0 saturated carbocycles. The number of ether oxygens (including phenoxy) is 2. The van der Waals surface area contributed by atoms with Gasteiger partial charge in [-0.15, -0.1) is 0 Å². The summed E-state index contributed by atoms with van der Waals surface area (Å²) in [5.74, 6) is -0.600. The summed E-state index contributed by atoms with van der Waals surface area (Å²) < 4.78 is 22.6. The first kappa shape index (κ1) is 22.2. The van der Waals surface area contributed by atoms with Crippen LogP contribution in [-0.2, 0) is 18.5 Å². The summed E-state index contributed by atoms with van der Waals surface area (Å²) in [6.45, 7) is 0.0284. The lowest BCUT2D eigenvalue weighted by molar-refractivity contribution is -0.0614. The van der Waals surface area contributed by atoms with Gasteiger partial charge in [0.2, 0.25) is 5.95 Å². The molecular formula is C18H18N5O8PS. The number of hydrogen-bond acceptors (Lipinski definition) is 12. The van der Waals surface area contributed by atoms with E-state index in [0.717, 1.165) is 11.8 Å². The van der Waals surface area contributed by atoms with Crippen LogP contribution in [0.15, 0.2) is 39.1 Å². The average Bonchev–Trinajstić information content (AvgIpc) is 3.31. The number of benzene rings is 1. The monoisotopic (exact) mass is 495 g/mol. The Labute approximate surface area is 190 Å². The van der Waals surface area contributed by atoms with E-state index in [1.54, 1.807) is 24.3 Å².